The predicted octanol–water partition coefficient (Wildman–Crippen LogP) is 3.75. The summed E-state index contributed by atoms with van der Waals surface area (Å²) in [5, 5.41) is 3.61. The van der Waals surface area contributed by atoms with Gasteiger partial charge in [0.25, 0.3) is 5.91 Å². The summed E-state index contributed by atoms with van der Waals surface area (Å²) in [5.41, 5.74) is 1.12. The number of nitrogens with one attached hydrogen (secondary N) is 1. The second-order valence-corrected chi connectivity index (χ2v) is 6.26. The number of benzene rings is 1. The van der Waals surface area contributed by atoms with Crippen LogP contribution in [0.4, 0.5) is 0 Å². The van der Waals surface area contributed by atoms with E-state index in [1.807, 2.05) is 48.6 Å². The monoisotopic (exact) mass is 298 g/mol. The van der Waals surface area contributed by atoms with E-state index in [0.717, 1.165) is 23.6 Å². The Kier molecular flexibility index (Phi) is 4.55. The molecule has 3 rings (SSSR count). The fourth-order valence-corrected chi connectivity index (χ4v) is 3.36. The molecule has 2 fully saturated rings. The molecule has 0 atom stereocenters. The second-order valence-electron chi connectivity index (χ2n) is 5.23. The topological polar surface area (TPSA) is 41.5 Å². The van der Waals surface area contributed by atoms with E-state index in [0.29, 0.717) is 10.9 Å². The van der Waals surface area contributed by atoms with Gasteiger partial charge in [-0.3, -0.25) is 9.79 Å². The van der Waals surface area contributed by atoms with Gasteiger partial charge < -0.3 is 5.32 Å². The number of amides is 1. The van der Waals surface area contributed by atoms with Crippen LogP contribution in [0.1, 0.15) is 31.2 Å². The number of hydrogen-bond acceptors (Lipinski definition) is 3. The molecule has 1 saturated carbocycles. The van der Waals surface area contributed by atoms with Crippen LogP contribution in [-0.4, -0.2) is 17.1 Å². The van der Waals surface area contributed by atoms with Crippen LogP contribution in [0.2, 0.25) is 0 Å². The number of carbonyl (C=O) groups excluding carboxylic acids is 1. The molecule has 0 unspecified atom stereocenters. The van der Waals surface area contributed by atoms with Gasteiger partial charge in [0.05, 0.1) is 10.9 Å². The Morgan fingerprint density at radius 2 is 1.95 bits per heavy atom. The number of hydrogen-bond donors (Lipinski definition) is 1. The minimum absolute atomic E-state index is 0.0468. The largest absolute Gasteiger partial charge is 0.301 e. The summed E-state index contributed by atoms with van der Waals surface area (Å²) in [6, 6.07) is 10.4. The first-order chi connectivity index (χ1) is 10.3. The lowest BCUT2D eigenvalue weighted by atomic mass is 10.2. The Bertz CT molecular complexity index is 598. The standard InChI is InChI=1S/C17H18N2OS/c20-16-15(12-6-9-13-7-2-1-3-8-13)21-17(19-16)18-14-10-4-5-11-14/h1-3,6-9,12,14H,4-5,10-11H2,(H,18,19,20)/b9-6+,15-12+. The minimum atomic E-state index is -0.0468. The van der Waals surface area contributed by atoms with Crippen LogP contribution < -0.4 is 5.32 Å². The molecular formula is C17H18N2OS. The highest BCUT2D eigenvalue weighted by Gasteiger charge is 2.24. The molecule has 1 aliphatic heterocycles. The highest BCUT2D eigenvalue weighted by molar-refractivity contribution is 8.18. The molecule has 1 heterocycles. The Morgan fingerprint density at radius 1 is 1.19 bits per heavy atom. The number of rotatable bonds is 3. The highest BCUT2D eigenvalue weighted by Crippen LogP contribution is 2.27. The smallest absolute Gasteiger partial charge is 0.264 e. The Balaban J connectivity index is 1.64. The molecule has 1 aromatic rings. The van der Waals surface area contributed by atoms with Crippen LogP contribution >= 0.6 is 11.8 Å². The quantitative estimate of drug-likeness (QED) is 0.864. The van der Waals surface area contributed by atoms with E-state index in [2.05, 4.69) is 10.3 Å². The molecule has 0 bridgehead atoms. The van der Waals surface area contributed by atoms with Crippen molar-refractivity contribution in [2.24, 2.45) is 4.99 Å². The molecule has 0 radical (unpaired) electrons. The van der Waals surface area contributed by atoms with Crippen LogP contribution in [-0.2, 0) is 4.79 Å². The van der Waals surface area contributed by atoms with Crippen molar-refractivity contribution in [3.63, 3.8) is 0 Å². The molecule has 4 heteroatoms. The molecule has 1 amide bonds. The van der Waals surface area contributed by atoms with Gasteiger partial charge in [0, 0.05) is 0 Å². The molecule has 1 saturated heterocycles. The number of thioether (sulfide) groups is 1. The maximum Gasteiger partial charge on any atom is 0.264 e. The number of aliphatic imine (C=N–C) groups is 1. The lowest BCUT2D eigenvalue weighted by Gasteiger charge is -2.02. The van der Waals surface area contributed by atoms with Gasteiger partial charge in [0.2, 0.25) is 0 Å². The van der Waals surface area contributed by atoms with E-state index in [4.69, 9.17) is 0 Å². The van der Waals surface area contributed by atoms with Gasteiger partial charge in [-0.25, -0.2) is 0 Å². The normalized spacial score (nSPS) is 23.5. The van der Waals surface area contributed by atoms with Gasteiger partial charge >= 0.3 is 0 Å². The van der Waals surface area contributed by atoms with Crippen molar-refractivity contribution in [3.05, 3.63) is 53.0 Å². The van der Waals surface area contributed by atoms with Crippen LogP contribution in [0.5, 0.6) is 0 Å². The molecule has 1 aliphatic carbocycles. The zero-order chi connectivity index (χ0) is 14.5. The van der Waals surface area contributed by atoms with Crippen molar-refractivity contribution in [1.29, 1.82) is 0 Å². The summed E-state index contributed by atoms with van der Waals surface area (Å²) < 4.78 is 0. The second kappa shape index (κ2) is 6.76. The SMILES string of the molecule is O=C1NC(=NC2CCCC2)S/C1=C/C=C/c1ccccc1. The molecule has 0 spiro atoms. The van der Waals surface area contributed by atoms with Crippen molar-refractivity contribution in [2.75, 3.05) is 0 Å². The third-order valence-electron chi connectivity index (χ3n) is 3.61. The molecule has 21 heavy (non-hydrogen) atoms. The van der Waals surface area contributed by atoms with Gasteiger partial charge in [0.15, 0.2) is 5.17 Å². The minimum Gasteiger partial charge on any atom is -0.301 e. The molecule has 108 valence electrons. The average Bonchev–Trinajstić information content (AvgIpc) is 3.11. The fraction of sp³-hybridized carbons (Fsp3) is 0.294. The molecule has 3 nitrogen and oxygen atoms in total. The van der Waals surface area contributed by atoms with Gasteiger partial charge in [-0.1, -0.05) is 55.3 Å². The van der Waals surface area contributed by atoms with Gasteiger partial charge in [-0.2, -0.15) is 0 Å². The lowest BCUT2D eigenvalue weighted by molar-refractivity contribution is -0.115. The Hall–Kier alpha value is -1.81. The average molecular weight is 298 g/mol. The summed E-state index contributed by atoms with van der Waals surface area (Å²) in [6.45, 7) is 0. The first-order valence-corrected chi connectivity index (χ1v) is 8.13. The van der Waals surface area contributed by atoms with Crippen molar-refractivity contribution in [2.45, 2.75) is 31.7 Å². The molecule has 2 aliphatic rings. The van der Waals surface area contributed by atoms with E-state index in [9.17, 15) is 4.79 Å². The third-order valence-corrected chi connectivity index (χ3v) is 4.55. The van der Waals surface area contributed by atoms with E-state index in [-0.39, 0.29) is 5.91 Å². The summed E-state index contributed by atoms with van der Waals surface area (Å²) in [6.07, 6.45) is 10.6. The van der Waals surface area contributed by atoms with E-state index >= 15 is 0 Å². The summed E-state index contributed by atoms with van der Waals surface area (Å²) >= 11 is 1.44. The summed E-state index contributed by atoms with van der Waals surface area (Å²) in [7, 11) is 0. The molecule has 1 N–H and O–H groups in total. The number of allylic oxidation sites excluding steroid dienone is 2. The molecule has 0 aromatic heterocycles. The molecule has 1 aromatic carbocycles. The van der Waals surface area contributed by atoms with Crippen molar-refractivity contribution >= 4 is 28.9 Å². The lowest BCUT2D eigenvalue weighted by Crippen LogP contribution is -2.21. The van der Waals surface area contributed by atoms with Gasteiger partial charge in [-0.15, -0.1) is 0 Å². The predicted molar refractivity (Wildman–Crippen MR) is 89.0 cm³/mol. The van der Waals surface area contributed by atoms with E-state index < -0.39 is 0 Å². The third kappa shape index (κ3) is 3.85. The maximum absolute atomic E-state index is 11.9. The van der Waals surface area contributed by atoms with Crippen LogP contribution in [0.15, 0.2) is 52.4 Å². The van der Waals surface area contributed by atoms with Crippen molar-refractivity contribution in [3.8, 4) is 0 Å². The number of carbonyl (C=O) groups is 1. The summed E-state index contributed by atoms with van der Waals surface area (Å²) in [5.74, 6) is -0.0468. The Morgan fingerprint density at radius 3 is 2.71 bits per heavy atom. The Labute approximate surface area is 129 Å². The van der Waals surface area contributed by atoms with Crippen LogP contribution in [0.25, 0.3) is 6.08 Å². The van der Waals surface area contributed by atoms with Crippen LogP contribution in [0.3, 0.4) is 0 Å². The van der Waals surface area contributed by atoms with Gasteiger partial charge in [-0.05, 0) is 36.2 Å². The molecular weight excluding hydrogens is 280 g/mol. The van der Waals surface area contributed by atoms with Crippen molar-refractivity contribution in [1.82, 2.24) is 5.32 Å². The highest BCUT2D eigenvalue weighted by atomic mass is 32.2. The van der Waals surface area contributed by atoms with E-state index in [1.165, 1.54) is 24.6 Å². The number of nitrogens with zero attached hydrogens (tertiary/aromatic N) is 1. The maximum atomic E-state index is 11.9. The van der Waals surface area contributed by atoms with Crippen molar-refractivity contribution < 1.29 is 4.79 Å². The van der Waals surface area contributed by atoms with Crippen LogP contribution in [0, 0.1) is 0 Å². The summed E-state index contributed by atoms with van der Waals surface area (Å²) in [4.78, 5) is 17.2. The first-order valence-electron chi connectivity index (χ1n) is 7.32. The van der Waals surface area contributed by atoms with E-state index in [1.54, 1.807) is 0 Å². The first kappa shape index (κ1) is 14.1. The zero-order valence-corrected chi connectivity index (χ0v) is 12.6. The fourth-order valence-electron chi connectivity index (χ4n) is 2.51. The van der Waals surface area contributed by atoms with Gasteiger partial charge in [0.1, 0.15) is 0 Å². The zero-order valence-electron chi connectivity index (χ0n) is 11.8. The number of amidine groups is 1.